The second kappa shape index (κ2) is 9.19. The summed E-state index contributed by atoms with van der Waals surface area (Å²) in [5.41, 5.74) is 3.15. The Morgan fingerprint density at radius 1 is 0.879 bits per heavy atom. The quantitative estimate of drug-likeness (QED) is 0.615. The fourth-order valence-corrected chi connectivity index (χ4v) is 4.05. The number of amides is 2. The molecule has 1 N–H and O–H groups in total. The van der Waals surface area contributed by atoms with Crippen LogP contribution in [0.25, 0.3) is 11.3 Å². The SMILES string of the molecule is O=C(c1ccc(Nc2nccc(-c3ccc(Cl)cc3)n2)cc1)N1CCN(C(=O)C2CC2)CC1. The number of hydrogen-bond acceptors (Lipinski definition) is 5. The number of carbonyl (C=O) groups excluding carboxylic acids is 2. The van der Waals surface area contributed by atoms with Crippen molar-refractivity contribution in [1.82, 2.24) is 19.8 Å². The van der Waals surface area contributed by atoms with Gasteiger partial charge in [0, 0.05) is 60.1 Å². The van der Waals surface area contributed by atoms with Crippen molar-refractivity contribution in [1.29, 1.82) is 0 Å². The van der Waals surface area contributed by atoms with Crippen molar-refractivity contribution in [2.45, 2.75) is 12.8 Å². The second-order valence-electron chi connectivity index (χ2n) is 8.37. The maximum atomic E-state index is 12.9. The summed E-state index contributed by atoms with van der Waals surface area (Å²) in [7, 11) is 0. The Hall–Kier alpha value is -3.45. The van der Waals surface area contributed by atoms with E-state index in [0.29, 0.717) is 42.7 Å². The monoisotopic (exact) mass is 461 g/mol. The summed E-state index contributed by atoms with van der Waals surface area (Å²) in [5, 5.41) is 3.86. The molecule has 3 aromatic rings. The summed E-state index contributed by atoms with van der Waals surface area (Å²) >= 11 is 5.97. The van der Waals surface area contributed by atoms with Gasteiger partial charge in [-0.15, -0.1) is 0 Å². The van der Waals surface area contributed by atoms with Gasteiger partial charge in [-0.25, -0.2) is 9.97 Å². The van der Waals surface area contributed by atoms with Gasteiger partial charge in [-0.3, -0.25) is 9.59 Å². The lowest BCUT2D eigenvalue weighted by Gasteiger charge is -2.35. The van der Waals surface area contributed by atoms with Crippen LogP contribution in [0.3, 0.4) is 0 Å². The fourth-order valence-electron chi connectivity index (χ4n) is 3.93. The lowest BCUT2D eigenvalue weighted by molar-refractivity contribution is -0.134. The highest BCUT2D eigenvalue weighted by molar-refractivity contribution is 6.30. The van der Waals surface area contributed by atoms with Crippen LogP contribution < -0.4 is 5.32 Å². The first kappa shape index (κ1) is 21.4. The van der Waals surface area contributed by atoms with Crippen LogP contribution in [0.5, 0.6) is 0 Å². The normalized spacial score (nSPS) is 15.9. The van der Waals surface area contributed by atoms with Crippen molar-refractivity contribution in [2.75, 3.05) is 31.5 Å². The van der Waals surface area contributed by atoms with Crippen molar-refractivity contribution >= 4 is 35.1 Å². The molecule has 0 bridgehead atoms. The molecule has 2 aliphatic rings. The van der Waals surface area contributed by atoms with Gasteiger partial charge >= 0.3 is 0 Å². The van der Waals surface area contributed by atoms with Crippen molar-refractivity contribution < 1.29 is 9.59 Å². The molecule has 0 atom stereocenters. The predicted molar refractivity (Wildman–Crippen MR) is 127 cm³/mol. The van der Waals surface area contributed by atoms with E-state index >= 15 is 0 Å². The predicted octanol–water partition coefficient (Wildman–Crippen LogP) is 4.24. The number of nitrogens with one attached hydrogen (secondary N) is 1. The Kier molecular flexibility index (Phi) is 5.96. The van der Waals surface area contributed by atoms with Gasteiger partial charge in [-0.05, 0) is 55.3 Å². The van der Waals surface area contributed by atoms with E-state index in [0.717, 1.165) is 29.8 Å². The molecule has 1 saturated carbocycles. The van der Waals surface area contributed by atoms with Gasteiger partial charge in [0.25, 0.3) is 5.91 Å². The molecule has 0 radical (unpaired) electrons. The topological polar surface area (TPSA) is 78.4 Å². The Morgan fingerprint density at radius 3 is 2.21 bits per heavy atom. The summed E-state index contributed by atoms with van der Waals surface area (Å²) in [6.07, 6.45) is 3.72. The third-order valence-electron chi connectivity index (χ3n) is 5.99. The van der Waals surface area contributed by atoms with Crippen LogP contribution in [0.2, 0.25) is 5.02 Å². The molecule has 2 amide bonds. The van der Waals surface area contributed by atoms with Gasteiger partial charge < -0.3 is 15.1 Å². The van der Waals surface area contributed by atoms with Gasteiger partial charge in [-0.1, -0.05) is 23.7 Å². The van der Waals surface area contributed by atoms with Crippen LogP contribution in [-0.4, -0.2) is 57.8 Å². The minimum absolute atomic E-state index is 0.0129. The molecule has 168 valence electrons. The number of carbonyl (C=O) groups is 2. The smallest absolute Gasteiger partial charge is 0.253 e. The third-order valence-corrected chi connectivity index (χ3v) is 6.24. The number of rotatable bonds is 5. The van der Waals surface area contributed by atoms with E-state index in [9.17, 15) is 9.59 Å². The molecule has 0 spiro atoms. The van der Waals surface area contributed by atoms with E-state index in [1.165, 1.54) is 0 Å². The number of benzene rings is 2. The molecule has 0 unspecified atom stereocenters. The maximum absolute atomic E-state index is 12.9. The Morgan fingerprint density at radius 2 is 1.55 bits per heavy atom. The molecule has 1 saturated heterocycles. The summed E-state index contributed by atoms with van der Waals surface area (Å²) < 4.78 is 0. The molecular weight excluding hydrogens is 438 g/mol. The Bertz CT molecular complexity index is 1150. The highest BCUT2D eigenvalue weighted by atomic mass is 35.5. The van der Waals surface area contributed by atoms with E-state index < -0.39 is 0 Å². The van der Waals surface area contributed by atoms with Crippen molar-refractivity contribution in [3.05, 3.63) is 71.4 Å². The highest BCUT2D eigenvalue weighted by Crippen LogP contribution is 2.31. The molecular formula is C25H24ClN5O2. The Labute approximate surface area is 197 Å². The van der Waals surface area contributed by atoms with E-state index in [2.05, 4.69) is 15.3 Å². The zero-order valence-corrected chi connectivity index (χ0v) is 18.8. The van der Waals surface area contributed by atoms with Gasteiger partial charge in [-0.2, -0.15) is 0 Å². The van der Waals surface area contributed by atoms with E-state index in [1.54, 1.807) is 18.3 Å². The van der Waals surface area contributed by atoms with Crippen molar-refractivity contribution in [2.24, 2.45) is 5.92 Å². The third kappa shape index (κ3) is 4.98. The Balaban J connectivity index is 1.20. The number of hydrogen-bond donors (Lipinski definition) is 1. The van der Waals surface area contributed by atoms with E-state index in [-0.39, 0.29) is 17.7 Å². The minimum atomic E-state index is -0.0129. The molecule has 33 heavy (non-hydrogen) atoms. The second-order valence-corrected chi connectivity index (χ2v) is 8.80. The first-order valence-electron chi connectivity index (χ1n) is 11.1. The molecule has 7 nitrogen and oxygen atoms in total. The number of piperazine rings is 1. The van der Waals surface area contributed by atoms with Crippen LogP contribution in [0.15, 0.2) is 60.8 Å². The molecule has 2 aromatic carbocycles. The van der Waals surface area contributed by atoms with Crippen LogP contribution in [0.4, 0.5) is 11.6 Å². The standard InChI is InChI=1S/C25H24ClN5O2/c26-20-7-3-17(4-8-20)22-11-12-27-25(29-22)28-21-9-5-19(6-10-21)24(33)31-15-13-30(14-16-31)23(32)18-1-2-18/h3-12,18H,1-2,13-16H2,(H,27,28,29). The maximum Gasteiger partial charge on any atom is 0.253 e. The number of aromatic nitrogens is 2. The van der Waals surface area contributed by atoms with Crippen LogP contribution in [0, 0.1) is 5.92 Å². The molecule has 8 heteroatoms. The molecule has 1 aromatic heterocycles. The highest BCUT2D eigenvalue weighted by Gasteiger charge is 2.35. The molecule has 2 heterocycles. The van der Waals surface area contributed by atoms with Gasteiger partial charge in [0.05, 0.1) is 5.69 Å². The van der Waals surface area contributed by atoms with Gasteiger partial charge in [0.15, 0.2) is 0 Å². The van der Waals surface area contributed by atoms with Crippen molar-refractivity contribution in [3.8, 4) is 11.3 Å². The fraction of sp³-hybridized carbons (Fsp3) is 0.280. The number of nitrogens with zero attached hydrogens (tertiary/aromatic N) is 4. The van der Waals surface area contributed by atoms with Crippen LogP contribution in [-0.2, 0) is 4.79 Å². The molecule has 5 rings (SSSR count). The van der Waals surface area contributed by atoms with E-state index in [1.807, 2.05) is 52.3 Å². The summed E-state index contributed by atoms with van der Waals surface area (Å²) in [5.74, 6) is 0.932. The average Bonchev–Trinajstić information content (AvgIpc) is 3.70. The van der Waals surface area contributed by atoms with Gasteiger partial charge in [0.2, 0.25) is 11.9 Å². The van der Waals surface area contributed by atoms with Crippen LogP contribution in [0.1, 0.15) is 23.2 Å². The minimum Gasteiger partial charge on any atom is -0.339 e. The largest absolute Gasteiger partial charge is 0.339 e. The van der Waals surface area contributed by atoms with E-state index in [4.69, 9.17) is 11.6 Å². The zero-order chi connectivity index (χ0) is 22.8. The summed E-state index contributed by atoms with van der Waals surface area (Å²) in [6.45, 7) is 2.37. The van der Waals surface area contributed by atoms with Crippen molar-refractivity contribution in [3.63, 3.8) is 0 Å². The lowest BCUT2D eigenvalue weighted by atomic mass is 10.1. The first-order chi connectivity index (χ1) is 16.1. The first-order valence-corrected chi connectivity index (χ1v) is 11.5. The number of anilines is 2. The molecule has 2 fully saturated rings. The van der Waals surface area contributed by atoms with Crippen LogP contribution >= 0.6 is 11.6 Å². The lowest BCUT2D eigenvalue weighted by Crippen LogP contribution is -2.51. The summed E-state index contributed by atoms with van der Waals surface area (Å²) in [4.78, 5) is 37.7. The summed E-state index contributed by atoms with van der Waals surface area (Å²) in [6, 6.07) is 16.6. The number of halogens is 1. The zero-order valence-electron chi connectivity index (χ0n) is 18.1. The van der Waals surface area contributed by atoms with Gasteiger partial charge in [0.1, 0.15) is 0 Å². The average molecular weight is 462 g/mol. The molecule has 1 aliphatic heterocycles. The molecule has 1 aliphatic carbocycles.